The van der Waals surface area contributed by atoms with Crippen molar-refractivity contribution in [2.45, 2.75) is 26.8 Å². The van der Waals surface area contributed by atoms with E-state index in [4.69, 9.17) is 4.74 Å². The number of ether oxygens (including phenoxy) is 1. The third kappa shape index (κ3) is 4.25. The lowest BCUT2D eigenvalue weighted by Gasteiger charge is -2.07. The summed E-state index contributed by atoms with van der Waals surface area (Å²) in [5.41, 5.74) is 0. The van der Waals surface area contributed by atoms with Crippen LogP contribution >= 0.6 is 0 Å². The highest BCUT2D eigenvalue weighted by atomic mass is 16.5. The van der Waals surface area contributed by atoms with Crippen LogP contribution < -0.4 is 0 Å². The maximum Gasteiger partial charge on any atom is 0.185 e. The summed E-state index contributed by atoms with van der Waals surface area (Å²) in [7, 11) is 0. The van der Waals surface area contributed by atoms with E-state index >= 15 is 0 Å². The number of rotatable bonds is 7. The first-order valence-corrected chi connectivity index (χ1v) is 5.28. The fraction of sp³-hybridized carbons (Fsp3) is 0.636. The van der Waals surface area contributed by atoms with Crippen LogP contribution in [-0.4, -0.2) is 29.1 Å². The molecule has 0 aliphatic carbocycles. The van der Waals surface area contributed by atoms with Gasteiger partial charge < -0.3 is 9.30 Å². The molecule has 1 aromatic heterocycles. The number of carbonyl (C=O) groups is 1. The molecule has 0 atom stereocenters. The molecule has 0 saturated heterocycles. The summed E-state index contributed by atoms with van der Waals surface area (Å²) in [5, 5.41) is 0. The van der Waals surface area contributed by atoms with Crippen LogP contribution in [0.5, 0.6) is 0 Å². The van der Waals surface area contributed by atoms with E-state index in [1.807, 2.05) is 0 Å². The van der Waals surface area contributed by atoms with Crippen molar-refractivity contribution in [2.75, 3.05) is 13.2 Å². The minimum Gasteiger partial charge on any atom is -0.380 e. The lowest BCUT2D eigenvalue weighted by molar-refractivity contribution is 0.108. The summed E-state index contributed by atoms with van der Waals surface area (Å²) in [6.45, 7) is 6.44. The smallest absolute Gasteiger partial charge is 0.185 e. The molecule has 4 nitrogen and oxygen atoms in total. The molecule has 0 radical (unpaired) electrons. The zero-order chi connectivity index (χ0) is 11.1. The highest BCUT2D eigenvalue weighted by Gasteiger charge is 2.00. The standard InChI is InChI=1S/C11H18N2O2/c1-10(2)3-7-15-8-6-13-5-4-12-11(13)9-14/h4-5,9-10H,3,6-8H2,1-2H3. The molecule has 0 spiro atoms. The lowest BCUT2D eigenvalue weighted by atomic mass is 10.1. The molecule has 1 heterocycles. The van der Waals surface area contributed by atoms with Gasteiger partial charge in [0.2, 0.25) is 0 Å². The number of imidazole rings is 1. The maximum absolute atomic E-state index is 10.5. The monoisotopic (exact) mass is 210 g/mol. The van der Waals surface area contributed by atoms with Gasteiger partial charge in [0.1, 0.15) is 0 Å². The van der Waals surface area contributed by atoms with E-state index in [9.17, 15) is 4.79 Å². The van der Waals surface area contributed by atoms with Crippen LogP contribution in [0.3, 0.4) is 0 Å². The Labute approximate surface area is 90.3 Å². The van der Waals surface area contributed by atoms with Gasteiger partial charge in [0.05, 0.1) is 6.61 Å². The Balaban J connectivity index is 2.17. The van der Waals surface area contributed by atoms with Gasteiger partial charge in [-0.2, -0.15) is 0 Å². The average Bonchev–Trinajstić information content (AvgIpc) is 2.64. The average molecular weight is 210 g/mol. The molecule has 0 saturated carbocycles. The summed E-state index contributed by atoms with van der Waals surface area (Å²) in [4.78, 5) is 14.4. The van der Waals surface area contributed by atoms with Crippen molar-refractivity contribution < 1.29 is 9.53 Å². The van der Waals surface area contributed by atoms with Crippen molar-refractivity contribution >= 4 is 6.29 Å². The van der Waals surface area contributed by atoms with Crippen LogP contribution in [-0.2, 0) is 11.3 Å². The van der Waals surface area contributed by atoms with Crippen LogP contribution in [0.4, 0.5) is 0 Å². The van der Waals surface area contributed by atoms with E-state index in [2.05, 4.69) is 18.8 Å². The normalized spacial score (nSPS) is 10.9. The summed E-state index contributed by atoms with van der Waals surface area (Å²) in [6, 6.07) is 0. The number of hydrogen-bond acceptors (Lipinski definition) is 3. The Kier molecular flexibility index (Phi) is 5.04. The molecule has 0 aromatic carbocycles. The van der Waals surface area contributed by atoms with E-state index in [1.165, 1.54) is 0 Å². The van der Waals surface area contributed by atoms with E-state index < -0.39 is 0 Å². The SMILES string of the molecule is CC(C)CCOCCn1ccnc1C=O. The Morgan fingerprint density at radius 3 is 3.00 bits per heavy atom. The van der Waals surface area contributed by atoms with E-state index in [0.717, 1.165) is 19.3 Å². The highest BCUT2D eigenvalue weighted by Crippen LogP contribution is 1.99. The number of aldehydes is 1. The van der Waals surface area contributed by atoms with Gasteiger partial charge in [0.25, 0.3) is 0 Å². The van der Waals surface area contributed by atoms with Gasteiger partial charge in [-0.05, 0) is 12.3 Å². The third-order valence-electron chi connectivity index (χ3n) is 2.17. The first kappa shape index (κ1) is 11.9. The van der Waals surface area contributed by atoms with Crippen LogP contribution in [0.25, 0.3) is 0 Å². The van der Waals surface area contributed by atoms with Gasteiger partial charge in [0, 0.05) is 25.5 Å². The first-order chi connectivity index (χ1) is 7.24. The van der Waals surface area contributed by atoms with E-state index in [-0.39, 0.29) is 0 Å². The van der Waals surface area contributed by atoms with Gasteiger partial charge in [-0.25, -0.2) is 4.98 Å². The Bertz CT molecular complexity index is 295. The fourth-order valence-corrected chi connectivity index (χ4v) is 1.21. The summed E-state index contributed by atoms with van der Waals surface area (Å²) < 4.78 is 7.25. The predicted octanol–water partition coefficient (Wildman–Crippen LogP) is 1.76. The van der Waals surface area contributed by atoms with Crippen LogP contribution in [0.1, 0.15) is 30.9 Å². The fourth-order valence-electron chi connectivity index (χ4n) is 1.21. The van der Waals surface area contributed by atoms with E-state index in [0.29, 0.717) is 24.9 Å². The Morgan fingerprint density at radius 2 is 2.33 bits per heavy atom. The first-order valence-electron chi connectivity index (χ1n) is 5.28. The van der Waals surface area contributed by atoms with E-state index in [1.54, 1.807) is 17.0 Å². The predicted molar refractivity (Wildman–Crippen MR) is 57.9 cm³/mol. The molecule has 15 heavy (non-hydrogen) atoms. The molecule has 0 bridgehead atoms. The van der Waals surface area contributed by atoms with Crippen molar-refractivity contribution in [2.24, 2.45) is 5.92 Å². The van der Waals surface area contributed by atoms with Crippen LogP contribution in [0.15, 0.2) is 12.4 Å². The highest BCUT2D eigenvalue weighted by molar-refractivity contribution is 5.69. The minimum atomic E-state index is 0.461. The van der Waals surface area contributed by atoms with Gasteiger partial charge in [-0.1, -0.05) is 13.8 Å². The molecule has 1 rings (SSSR count). The number of aromatic nitrogens is 2. The molecule has 0 aliphatic heterocycles. The molecular formula is C11H18N2O2. The molecule has 0 amide bonds. The number of carbonyl (C=O) groups excluding carboxylic acids is 1. The van der Waals surface area contributed by atoms with Gasteiger partial charge in [-0.15, -0.1) is 0 Å². The zero-order valence-corrected chi connectivity index (χ0v) is 9.35. The molecule has 4 heteroatoms. The molecule has 84 valence electrons. The Morgan fingerprint density at radius 1 is 1.53 bits per heavy atom. The van der Waals surface area contributed by atoms with Crippen LogP contribution in [0.2, 0.25) is 0 Å². The quantitative estimate of drug-likeness (QED) is 0.509. The van der Waals surface area contributed by atoms with Crippen molar-refractivity contribution in [3.63, 3.8) is 0 Å². The van der Waals surface area contributed by atoms with Gasteiger partial charge in [0.15, 0.2) is 12.1 Å². The number of nitrogens with zero attached hydrogens (tertiary/aromatic N) is 2. The maximum atomic E-state index is 10.5. The summed E-state index contributed by atoms with van der Waals surface area (Å²) >= 11 is 0. The topological polar surface area (TPSA) is 44.1 Å². The molecule has 0 fully saturated rings. The molecular weight excluding hydrogens is 192 g/mol. The second-order valence-electron chi connectivity index (χ2n) is 3.89. The second kappa shape index (κ2) is 6.35. The molecule has 0 aliphatic rings. The molecule has 0 unspecified atom stereocenters. The lowest BCUT2D eigenvalue weighted by Crippen LogP contribution is -2.09. The molecule has 1 aromatic rings. The number of hydrogen-bond donors (Lipinski definition) is 0. The van der Waals surface area contributed by atoms with Crippen LogP contribution in [0, 0.1) is 5.92 Å². The van der Waals surface area contributed by atoms with Crippen molar-refractivity contribution in [1.82, 2.24) is 9.55 Å². The van der Waals surface area contributed by atoms with Crippen molar-refractivity contribution in [3.05, 3.63) is 18.2 Å². The van der Waals surface area contributed by atoms with Crippen molar-refractivity contribution in [3.8, 4) is 0 Å². The zero-order valence-electron chi connectivity index (χ0n) is 9.35. The minimum absolute atomic E-state index is 0.461. The second-order valence-corrected chi connectivity index (χ2v) is 3.89. The van der Waals surface area contributed by atoms with Crippen molar-refractivity contribution in [1.29, 1.82) is 0 Å². The van der Waals surface area contributed by atoms with Gasteiger partial charge in [-0.3, -0.25) is 4.79 Å². The third-order valence-corrected chi connectivity index (χ3v) is 2.17. The Hall–Kier alpha value is -1.16. The van der Waals surface area contributed by atoms with Gasteiger partial charge >= 0.3 is 0 Å². The molecule has 0 N–H and O–H groups in total. The summed E-state index contributed by atoms with van der Waals surface area (Å²) in [6.07, 6.45) is 5.24. The summed E-state index contributed by atoms with van der Waals surface area (Å²) in [5.74, 6) is 1.13. The largest absolute Gasteiger partial charge is 0.380 e.